The van der Waals surface area contributed by atoms with E-state index in [4.69, 9.17) is 39.0 Å². The number of para-hydroxylation sites is 1. The molecule has 2 aromatic carbocycles. The van der Waals surface area contributed by atoms with Gasteiger partial charge in [0.1, 0.15) is 0 Å². The molecule has 0 spiro atoms. The van der Waals surface area contributed by atoms with Crippen molar-refractivity contribution in [1.29, 1.82) is 0 Å². The number of rotatable bonds is 7. The van der Waals surface area contributed by atoms with E-state index in [2.05, 4.69) is 15.6 Å². The second-order valence-electron chi connectivity index (χ2n) is 5.85. The first kappa shape index (κ1) is 21.3. The smallest absolute Gasteiger partial charge is 0.294 e. The van der Waals surface area contributed by atoms with Gasteiger partial charge in [-0.3, -0.25) is 10.2 Å². The average molecular weight is 444 g/mol. The van der Waals surface area contributed by atoms with Crippen LogP contribution in [0.25, 0.3) is 5.69 Å². The van der Waals surface area contributed by atoms with Crippen molar-refractivity contribution in [2.75, 3.05) is 6.61 Å². The van der Waals surface area contributed by atoms with Gasteiger partial charge in [0.15, 0.2) is 27.4 Å². The van der Waals surface area contributed by atoms with E-state index in [0.717, 1.165) is 5.56 Å². The molecule has 0 saturated heterocycles. The number of hydrogen-bond acceptors (Lipinski definition) is 6. The zero-order valence-corrected chi connectivity index (χ0v) is 17.5. The van der Waals surface area contributed by atoms with E-state index in [1.807, 2.05) is 13.0 Å². The maximum absolute atomic E-state index is 12.6. The summed E-state index contributed by atoms with van der Waals surface area (Å²) >= 11 is 11.0. The molecule has 0 radical (unpaired) electrons. The maximum Gasteiger partial charge on any atom is 0.294 e. The van der Waals surface area contributed by atoms with E-state index in [1.54, 1.807) is 42.5 Å². The van der Waals surface area contributed by atoms with Crippen LogP contribution in [0.2, 0.25) is 5.02 Å². The topological polar surface area (TPSA) is 104 Å². The Morgan fingerprint density at radius 3 is 2.73 bits per heavy atom. The highest BCUT2D eigenvalue weighted by Crippen LogP contribution is 2.34. The second kappa shape index (κ2) is 9.86. The summed E-state index contributed by atoms with van der Waals surface area (Å²) in [6.07, 6.45) is 2.91. The van der Waals surface area contributed by atoms with Crippen LogP contribution in [-0.4, -0.2) is 27.7 Å². The quantitative estimate of drug-likeness (QED) is 0.328. The van der Waals surface area contributed by atoms with E-state index >= 15 is 0 Å². The molecular formula is C20H18ClN5O3S. The van der Waals surface area contributed by atoms with E-state index in [-0.39, 0.29) is 15.9 Å². The van der Waals surface area contributed by atoms with Gasteiger partial charge in [-0.05, 0) is 55.0 Å². The van der Waals surface area contributed by atoms with Gasteiger partial charge in [-0.15, -0.1) is 0 Å². The van der Waals surface area contributed by atoms with Gasteiger partial charge in [-0.2, -0.15) is 14.9 Å². The van der Waals surface area contributed by atoms with Crippen molar-refractivity contribution in [2.45, 2.75) is 6.92 Å². The van der Waals surface area contributed by atoms with E-state index in [0.29, 0.717) is 23.8 Å². The lowest BCUT2D eigenvalue weighted by Crippen LogP contribution is -2.23. The molecule has 1 heterocycles. The predicted molar refractivity (Wildman–Crippen MR) is 120 cm³/mol. The minimum Gasteiger partial charge on any atom is -0.490 e. The highest BCUT2D eigenvalue weighted by atomic mass is 35.5. The van der Waals surface area contributed by atoms with Gasteiger partial charge in [0.2, 0.25) is 0 Å². The molecule has 30 heavy (non-hydrogen) atoms. The largest absolute Gasteiger partial charge is 0.490 e. The van der Waals surface area contributed by atoms with Gasteiger partial charge in [0.05, 0.1) is 24.7 Å². The Morgan fingerprint density at radius 1 is 1.27 bits per heavy atom. The molecule has 3 aromatic rings. The Labute approximate surface area is 182 Å². The summed E-state index contributed by atoms with van der Waals surface area (Å²) in [6, 6.07) is 14.1. The number of thiocarbonyl (C=S) groups is 1. The Hall–Kier alpha value is -3.43. The molecule has 0 aliphatic carbocycles. The van der Waals surface area contributed by atoms with Crippen molar-refractivity contribution in [2.24, 2.45) is 10.8 Å². The Balaban J connectivity index is 1.90. The molecule has 0 aliphatic heterocycles. The van der Waals surface area contributed by atoms with Gasteiger partial charge in [0, 0.05) is 0 Å². The standard InChI is InChI=1S/C20H18ClN5O3S/c1-2-28-16-10-13(11-23-25-20(22)30)8-9-15(16)29-17-12-24-26(19(27)18(17)21)14-6-4-3-5-7-14/h3-12H,2H2,1H3,(H3,22,25,30)/b23-11+. The lowest BCUT2D eigenvalue weighted by atomic mass is 10.2. The molecule has 0 saturated carbocycles. The van der Waals surface area contributed by atoms with Gasteiger partial charge < -0.3 is 15.2 Å². The van der Waals surface area contributed by atoms with Gasteiger partial charge in [-0.1, -0.05) is 29.8 Å². The van der Waals surface area contributed by atoms with Crippen LogP contribution < -0.4 is 26.2 Å². The molecule has 3 rings (SSSR count). The third-order valence-corrected chi connectivity index (χ3v) is 4.20. The van der Waals surface area contributed by atoms with Crippen LogP contribution >= 0.6 is 23.8 Å². The molecule has 0 atom stereocenters. The van der Waals surface area contributed by atoms with Crippen molar-refractivity contribution in [3.63, 3.8) is 0 Å². The minimum atomic E-state index is -0.495. The first-order valence-electron chi connectivity index (χ1n) is 8.86. The summed E-state index contributed by atoms with van der Waals surface area (Å²) in [7, 11) is 0. The van der Waals surface area contributed by atoms with Crippen LogP contribution in [0, 0.1) is 0 Å². The molecule has 0 bridgehead atoms. The molecule has 10 heteroatoms. The second-order valence-corrected chi connectivity index (χ2v) is 6.67. The number of hydrogen-bond donors (Lipinski definition) is 2. The average Bonchev–Trinajstić information content (AvgIpc) is 2.74. The summed E-state index contributed by atoms with van der Waals surface area (Å²) in [5.41, 5.74) is 8.63. The number of nitrogens with zero attached hydrogens (tertiary/aromatic N) is 3. The zero-order valence-electron chi connectivity index (χ0n) is 15.9. The Morgan fingerprint density at radius 2 is 2.03 bits per heavy atom. The molecule has 0 aliphatic rings. The number of hydrazone groups is 1. The lowest BCUT2D eigenvalue weighted by Gasteiger charge is -2.13. The molecular weight excluding hydrogens is 426 g/mol. The summed E-state index contributed by atoms with van der Waals surface area (Å²) in [6.45, 7) is 2.25. The number of halogens is 1. The third kappa shape index (κ3) is 5.13. The number of aromatic nitrogens is 2. The number of nitrogens with two attached hydrogens (primary N) is 1. The fourth-order valence-electron chi connectivity index (χ4n) is 2.49. The van der Waals surface area contributed by atoms with Crippen molar-refractivity contribution in [3.05, 3.63) is 75.7 Å². The van der Waals surface area contributed by atoms with Gasteiger partial charge in [-0.25, -0.2) is 0 Å². The monoisotopic (exact) mass is 443 g/mol. The molecule has 8 nitrogen and oxygen atoms in total. The predicted octanol–water partition coefficient (Wildman–Crippen LogP) is 3.24. The first-order valence-corrected chi connectivity index (χ1v) is 9.64. The minimum absolute atomic E-state index is 0.0589. The van der Waals surface area contributed by atoms with Crippen molar-refractivity contribution < 1.29 is 9.47 Å². The summed E-state index contributed by atoms with van der Waals surface area (Å²) in [5, 5.41) is 8.03. The third-order valence-electron chi connectivity index (χ3n) is 3.76. The summed E-state index contributed by atoms with van der Waals surface area (Å²) < 4.78 is 12.7. The lowest BCUT2D eigenvalue weighted by molar-refractivity contribution is 0.321. The van der Waals surface area contributed by atoms with Gasteiger partial charge >= 0.3 is 0 Å². The molecule has 0 amide bonds. The van der Waals surface area contributed by atoms with E-state index in [1.165, 1.54) is 17.1 Å². The van der Waals surface area contributed by atoms with Gasteiger partial charge in [0.25, 0.3) is 5.56 Å². The molecule has 1 aromatic heterocycles. The number of nitrogens with one attached hydrogen (secondary N) is 1. The molecule has 154 valence electrons. The summed E-state index contributed by atoms with van der Waals surface area (Å²) in [5.74, 6) is 0.934. The first-order chi connectivity index (χ1) is 14.5. The zero-order chi connectivity index (χ0) is 21.5. The van der Waals surface area contributed by atoms with Crippen LogP contribution in [0.4, 0.5) is 0 Å². The fourth-order valence-corrected chi connectivity index (χ4v) is 2.71. The Bertz CT molecular complexity index is 1140. The van der Waals surface area contributed by atoms with Crippen LogP contribution in [-0.2, 0) is 0 Å². The van der Waals surface area contributed by atoms with E-state index < -0.39 is 5.56 Å². The fraction of sp³-hybridized carbons (Fsp3) is 0.100. The van der Waals surface area contributed by atoms with Crippen LogP contribution in [0.3, 0.4) is 0 Å². The number of benzene rings is 2. The highest BCUT2D eigenvalue weighted by Gasteiger charge is 2.15. The van der Waals surface area contributed by atoms with Crippen molar-refractivity contribution in [3.8, 4) is 22.9 Å². The van der Waals surface area contributed by atoms with Crippen LogP contribution in [0.1, 0.15) is 12.5 Å². The Kier molecular flexibility index (Phi) is 6.99. The molecule has 0 fully saturated rings. The normalized spacial score (nSPS) is 10.7. The summed E-state index contributed by atoms with van der Waals surface area (Å²) in [4.78, 5) is 12.6. The van der Waals surface area contributed by atoms with Crippen molar-refractivity contribution in [1.82, 2.24) is 15.2 Å². The van der Waals surface area contributed by atoms with Crippen molar-refractivity contribution >= 4 is 35.1 Å². The highest BCUT2D eigenvalue weighted by molar-refractivity contribution is 7.80. The molecule has 0 unspecified atom stereocenters. The SMILES string of the molecule is CCOc1cc(/C=N/NC(N)=S)ccc1Oc1cnn(-c2ccccc2)c(=O)c1Cl. The van der Waals surface area contributed by atoms with E-state index in [9.17, 15) is 4.79 Å². The molecule has 3 N–H and O–H groups in total. The van der Waals surface area contributed by atoms with Crippen LogP contribution in [0.15, 0.2) is 64.6 Å². The number of ether oxygens (including phenoxy) is 2. The maximum atomic E-state index is 12.6. The van der Waals surface area contributed by atoms with Crippen LogP contribution in [0.5, 0.6) is 17.2 Å².